The summed E-state index contributed by atoms with van der Waals surface area (Å²) in [5.74, 6) is 0.913. The lowest BCUT2D eigenvalue weighted by Crippen LogP contribution is -2.29. The van der Waals surface area contributed by atoms with E-state index in [-0.39, 0.29) is 0 Å². The minimum atomic E-state index is 0.576. The molecule has 0 amide bonds. The van der Waals surface area contributed by atoms with Gasteiger partial charge in [0.25, 0.3) is 0 Å². The Morgan fingerprint density at radius 3 is 2.35 bits per heavy atom. The number of rotatable bonds is 6. The second kappa shape index (κ2) is 8.99. The third-order valence-corrected chi connectivity index (χ3v) is 6.49. The maximum Gasteiger partial charge on any atom is 0.129 e. The fourth-order valence-electron chi connectivity index (χ4n) is 4.77. The predicted octanol–water partition coefficient (Wildman–Crippen LogP) is 6.41. The smallest absolute Gasteiger partial charge is 0.129 e. The lowest BCUT2D eigenvalue weighted by Gasteiger charge is -2.26. The molecule has 5 rings (SSSR count). The van der Waals surface area contributed by atoms with Crippen LogP contribution in [0.4, 0.5) is 0 Å². The Morgan fingerprint density at radius 2 is 1.52 bits per heavy atom. The van der Waals surface area contributed by atoms with Crippen molar-refractivity contribution in [2.75, 3.05) is 13.1 Å². The maximum absolute atomic E-state index is 6.36. The molecule has 3 nitrogen and oxygen atoms in total. The summed E-state index contributed by atoms with van der Waals surface area (Å²) in [4.78, 5) is 2.60. The molecule has 0 radical (unpaired) electrons. The van der Waals surface area contributed by atoms with E-state index in [1.54, 1.807) is 0 Å². The Hall–Kier alpha value is -3.04. The largest absolute Gasteiger partial charge is 0.487 e. The van der Waals surface area contributed by atoms with Gasteiger partial charge in [0, 0.05) is 24.5 Å². The highest BCUT2D eigenvalue weighted by atomic mass is 16.5. The van der Waals surface area contributed by atoms with Crippen molar-refractivity contribution < 1.29 is 4.74 Å². The van der Waals surface area contributed by atoms with Crippen LogP contribution in [-0.2, 0) is 20.2 Å². The van der Waals surface area contributed by atoms with Gasteiger partial charge < -0.3 is 9.30 Å². The van der Waals surface area contributed by atoms with E-state index < -0.39 is 0 Å². The number of ether oxygens (including phenoxy) is 1. The van der Waals surface area contributed by atoms with Crippen LogP contribution in [0.15, 0.2) is 78.9 Å². The molecule has 4 aromatic rings. The van der Waals surface area contributed by atoms with Crippen LogP contribution in [0.25, 0.3) is 22.0 Å². The first kappa shape index (κ1) is 19.9. The van der Waals surface area contributed by atoms with Crippen LogP contribution >= 0.6 is 0 Å². The van der Waals surface area contributed by atoms with E-state index >= 15 is 0 Å². The van der Waals surface area contributed by atoms with Crippen LogP contribution in [0.5, 0.6) is 5.75 Å². The molecular formula is C28H30N2O. The summed E-state index contributed by atoms with van der Waals surface area (Å²) in [5, 5.41) is 1.35. The topological polar surface area (TPSA) is 17.4 Å². The van der Waals surface area contributed by atoms with Crippen molar-refractivity contribution in [2.24, 2.45) is 7.05 Å². The average Bonchev–Trinajstić information content (AvgIpc) is 3.10. The average molecular weight is 411 g/mol. The van der Waals surface area contributed by atoms with Gasteiger partial charge in [-0.2, -0.15) is 0 Å². The van der Waals surface area contributed by atoms with Gasteiger partial charge in [-0.1, -0.05) is 67.1 Å². The van der Waals surface area contributed by atoms with Crippen LogP contribution in [0, 0.1) is 0 Å². The first-order valence-electron chi connectivity index (χ1n) is 11.4. The van der Waals surface area contributed by atoms with Crippen LogP contribution in [-0.4, -0.2) is 22.6 Å². The zero-order valence-electron chi connectivity index (χ0n) is 18.3. The number of nitrogens with zero attached hydrogens (tertiary/aromatic N) is 2. The van der Waals surface area contributed by atoms with Crippen molar-refractivity contribution in [3.63, 3.8) is 0 Å². The fourth-order valence-corrected chi connectivity index (χ4v) is 4.77. The van der Waals surface area contributed by atoms with Crippen LogP contribution < -0.4 is 4.74 Å². The molecular weight excluding hydrogens is 380 g/mol. The van der Waals surface area contributed by atoms with Gasteiger partial charge in [-0.05, 0) is 60.8 Å². The normalized spacial score (nSPS) is 14.7. The Kier molecular flexibility index (Phi) is 5.77. The van der Waals surface area contributed by atoms with Crippen molar-refractivity contribution in [2.45, 2.75) is 32.4 Å². The third kappa shape index (κ3) is 4.24. The van der Waals surface area contributed by atoms with Gasteiger partial charge in [-0.15, -0.1) is 0 Å². The summed E-state index contributed by atoms with van der Waals surface area (Å²) in [7, 11) is 2.17. The number of benzene rings is 3. The van der Waals surface area contributed by atoms with E-state index in [2.05, 4.69) is 89.3 Å². The highest BCUT2D eigenvalue weighted by Gasteiger charge is 2.19. The van der Waals surface area contributed by atoms with Gasteiger partial charge in [0.15, 0.2) is 0 Å². The van der Waals surface area contributed by atoms with Crippen molar-refractivity contribution in [1.82, 2.24) is 9.47 Å². The van der Waals surface area contributed by atoms with Crippen molar-refractivity contribution in [3.8, 4) is 16.9 Å². The van der Waals surface area contributed by atoms with E-state index in [0.717, 1.165) is 12.3 Å². The SMILES string of the molecule is Cn1c(COc2cccc(-c3ccccc3)c2)c(CN2CCCCC2)c2ccccc21. The predicted molar refractivity (Wildman–Crippen MR) is 128 cm³/mol. The number of para-hydroxylation sites is 1. The van der Waals surface area contributed by atoms with Crippen LogP contribution in [0.2, 0.25) is 0 Å². The van der Waals surface area contributed by atoms with E-state index in [1.165, 1.54) is 65.6 Å². The molecule has 0 bridgehead atoms. The first-order valence-corrected chi connectivity index (χ1v) is 11.4. The van der Waals surface area contributed by atoms with E-state index in [0.29, 0.717) is 6.61 Å². The molecule has 0 aliphatic carbocycles. The van der Waals surface area contributed by atoms with Crippen molar-refractivity contribution >= 4 is 10.9 Å². The Bertz CT molecular complexity index is 1160. The molecule has 1 fully saturated rings. The molecule has 0 N–H and O–H groups in total. The number of aromatic nitrogens is 1. The maximum atomic E-state index is 6.36. The summed E-state index contributed by atoms with van der Waals surface area (Å²) >= 11 is 0. The van der Waals surface area contributed by atoms with Crippen LogP contribution in [0.1, 0.15) is 30.5 Å². The Labute approximate surface area is 184 Å². The molecule has 0 saturated carbocycles. The number of piperidine rings is 1. The lowest BCUT2D eigenvalue weighted by atomic mass is 10.1. The van der Waals surface area contributed by atoms with Crippen molar-refractivity contribution in [1.29, 1.82) is 0 Å². The summed E-state index contributed by atoms with van der Waals surface area (Å²) in [6.45, 7) is 3.97. The van der Waals surface area contributed by atoms with E-state index in [1.807, 2.05) is 6.07 Å². The minimum absolute atomic E-state index is 0.576. The monoisotopic (exact) mass is 410 g/mol. The quantitative estimate of drug-likeness (QED) is 0.365. The Balaban J connectivity index is 1.42. The third-order valence-electron chi connectivity index (χ3n) is 6.49. The molecule has 1 aliphatic rings. The summed E-state index contributed by atoms with van der Waals surface area (Å²) < 4.78 is 8.67. The second-order valence-corrected chi connectivity index (χ2v) is 8.52. The molecule has 31 heavy (non-hydrogen) atoms. The highest BCUT2D eigenvalue weighted by Crippen LogP contribution is 2.30. The van der Waals surface area contributed by atoms with Gasteiger partial charge in [0.1, 0.15) is 12.4 Å². The Morgan fingerprint density at radius 1 is 0.774 bits per heavy atom. The molecule has 3 heteroatoms. The molecule has 1 aliphatic heterocycles. The first-order chi connectivity index (χ1) is 15.3. The summed E-state index contributed by atoms with van der Waals surface area (Å²) in [6, 6.07) is 27.6. The molecule has 158 valence electrons. The zero-order chi connectivity index (χ0) is 21.0. The van der Waals surface area contributed by atoms with Gasteiger partial charge in [-0.25, -0.2) is 0 Å². The van der Waals surface area contributed by atoms with E-state index in [4.69, 9.17) is 4.74 Å². The zero-order valence-corrected chi connectivity index (χ0v) is 18.3. The number of aryl methyl sites for hydroxylation is 1. The van der Waals surface area contributed by atoms with Gasteiger partial charge >= 0.3 is 0 Å². The van der Waals surface area contributed by atoms with Gasteiger partial charge in [0.2, 0.25) is 0 Å². The highest BCUT2D eigenvalue weighted by molar-refractivity contribution is 5.85. The fraction of sp³-hybridized carbons (Fsp3) is 0.286. The molecule has 1 saturated heterocycles. The summed E-state index contributed by atoms with van der Waals surface area (Å²) in [6.07, 6.45) is 3.98. The van der Waals surface area contributed by atoms with Crippen molar-refractivity contribution in [3.05, 3.63) is 90.1 Å². The molecule has 0 spiro atoms. The van der Waals surface area contributed by atoms with Crippen LogP contribution in [0.3, 0.4) is 0 Å². The minimum Gasteiger partial charge on any atom is -0.487 e. The molecule has 1 aromatic heterocycles. The molecule has 3 aromatic carbocycles. The molecule has 0 atom stereocenters. The number of fused-ring (bicyclic) bond motifs is 1. The molecule has 2 heterocycles. The standard InChI is InChI=1S/C28H30N2O/c1-29-27-16-7-6-15-25(27)26(20-30-17-8-3-9-18-30)28(29)21-31-24-14-10-13-23(19-24)22-11-4-2-5-12-22/h2,4-7,10-16,19H,3,8-9,17-18,20-21H2,1H3. The second-order valence-electron chi connectivity index (χ2n) is 8.52. The number of hydrogen-bond donors (Lipinski definition) is 0. The number of hydrogen-bond acceptors (Lipinski definition) is 2. The van der Waals surface area contributed by atoms with E-state index in [9.17, 15) is 0 Å². The van der Waals surface area contributed by atoms with Gasteiger partial charge in [0.05, 0.1) is 5.69 Å². The summed E-state index contributed by atoms with van der Waals surface area (Å²) in [5.41, 5.74) is 6.37. The lowest BCUT2D eigenvalue weighted by molar-refractivity contribution is 0.218. The van der Waals surface area contributed by atoms with Gasteiger partial charge in [-0.3, -0.25) is 4.90 Å². The number of likely N-dealkylation sites (tertiary alicyclic amines) is 1. The molecule has 0 unspecified atom stereocenters.